The maximum Gasteiger partial charge on any atom is 0.323 e. The van der Waals surface area contributed by atoms with Crippen LogP contribution in [0.15, 0.2) is 66.7 Å². The fourth-order valence-corrected chi connectivity index (χ4v) is 4.95. The van der Waals surface area contributed by atoms with Crippen LogP contribution in [0.1, 0.15) is 73.7 Å². The molecule has 3 aromatic carbocycles. The van der Waals surface area contributed by atoms with E-state index in [1.54, 1.807) is 32.9 Å². The van der Waals surface area contributed by atoms with Crippen molar-refractivity contribution >= 4 is 34.5 Å². The van der Waals surface area contributed by atoms with Gasteiger partial charge in [0.05, 0.1) is 17.2 Å². The van der Waals surface area contributed by atoms with E-state index in [0.29, 0.717) is 24.1 Å². The summed E-state index contributed by atoms with van der Waals surface area (Å²) < 4.78 is 5.68. The van der Waals surface area contributed by atoms with Gasteiger partial charge in [0.2, 0.25) is 5.91 Å². The highest BCUT2D eigenvalue weighted by atomic mass is 16.6. The van der Waals surface area contributed by atoms with Crippen LogP contribution in [0, 0.1) is 5.92 Å². The number of nitrogens with zero attached hydrogens (tertiary/aromatic N) is 1. The van der Waals surface area contributed by atoms with Crippen LogP contribution in [0.2, 0.25) is 0 Å². The van der Waals surface area contributed by atoms with Crippen molar-refractivity contribution < 1.29 is 23.9 Å². The number of carbonyl (C=O) groups excluding carboxylic acids is 4. The van der Waals surface area contributed by atoms with E-state index in [9.17, 15) is 19.2 Å². The Kier molecular flexibility index (Phi) is 9.23. The Bertz CT molecular complexity index is 1370. The fourth-order valence-electron chi connectivity index (χ4n) is 4.95. The predicted molar refractivity (Wildman–Crippen MR) is 158 cm³/mol. The molecule has 0 saturated carbocycles. The molecule has 41 heavy (non-hydrogen) atoms. The van der Waals surface area contributed by atoms with Gasteiger partial charge in [-0.25, -0.2) is 0 Å². The van der Waals surface area contributed by atoms with Crippen LogP contribution in [0.4, 0.5) is 0 Å². The summed E-state index contributed by atoms with van der Waals surface area (Å²) in [6.07, 6.45) is 0.583. The standard InChI is InChI=1S/C33H39N3O5/c1-21(2)17-28(29(37)34-20-22-11-7-6-8-12-22)35-27(32(40)41-33(3,4)5)15-16-36-30(38)25-18-23-13-9-10-14-24(23)19-26(25)31(36)39/h6-14,18-19,21,27-28,35H,15-17,20H2,1-5H3,(H,34,37)/t27-,28+/m1/s1. The van der Waals surface area contributed by atoms with Crippen molar-refractivity contribution in [2.45, 2.75) is 71.7 Å². The van der Waals surface area contributed by atoms with Crippen molar-refractivity contribution in [1.82, 2.24) is 15.5 Å². The highest BCUT2D eigenvalue weighted by Crippen LogP contribution is 2.28. The van der Waals surface area contributed by atoms with E-state index in [0.717, 1.165) is 16.3 Å². The van der Waals surface area contributed by atoms with Gasteiger partial charge in [-0.05, 0) is 68.0 Å². The normalized spacial score (nSPS) is 14.7. The van der Waals surface area contributed by atoms with Crippen LogP contribution in [0.5, 0.6) is 0 Å². The van der Waals surface area contributed by atoms with Gasteiger partial charge in [-0.15, -0.1) is 0 Å². The number of rotatable bonds is 11. The minimum Gasteiger partial charge on any atom is -0.459 e. The lowest BCUT2D eigenvalue weighted by molar-refractivity contribution is -0.158. The van der Waals surface area contributed by atoms with Crippen LogP contribution in [-0.2, 0) is 20.9 Å². The Hall–Kier alpha value is -4.04. The molecule has 0 aromatic heterocycles. The molecule has 2 atom stereocenters. The molecular weight excluding hydrogens is 518 g/mol. The number of carbonyl (C=O) groups is 4. The van der Waals surface area contributed by atoms with Crippen molar-refractivity contribution in [1.29, 1.82) is 0 Å². The molecular formula is C33H39N3O5. The molecule has 0 fully saturated rings. The first-order valence-electron chi connectivity index (χ1n) is 14.1. The maximum atomic E-state index is 13.3. The second-order valence-corrected chi connectivity index (χ2v) is 11.9. The lowest BCUT2D eigenvalue weighted by Gasteiger charge is -2.29. The third-order valence-electron chi connectivity index (χ3n) is 6.91. The van der Waals surface area contributed by atoms with E-state index in [1.165, 1.54) is 4.90 Å². The van der Waals surface area contributed by atoms with Crippen molar-refractivity contribution in [3.63, 3.8) is 0 Å². The molecule has 0 bridgehead atoms. The van der Waals surface area contributed by atoms with Crippen LogP contribution in [0.25, 0.3) is 10.8 Å². The minimum absolute atomic E-state index is 0.000363. The summed E-state index contributed by atoms with van der Waals surface area (Å²) in [5.41, 5.74) is 0.920. The third-order valence-corrected chi connectivity index (χ3v) is 6.91. The zero-order valence-electron chi connectivity index (χ0n) is 24.4. The third kappa shape index (κ3) is 7.58. The summed E-state index contributed by atoms with van der Waals surface area (Å²) >= 11 is 0. The molecule has 2 N–H and O–H groups in total. The second-order valence-electron chi connectivity index (χ2n) is 11.9. The molecule has 8 nitrogen and oxygen atoms in total. The Morgan fingerprint density at radius 2 is 1.41 bits per heavy atom. The molecule has 4 rings (SSSR count). The lowest BCUT2D eigenvalue weighted by atomic mass is 10.0. The molecule has 0 unspecified atom stereocenters. The number of hydrogen-bond donors (Lipinski definition) is 2. The molecule has 3 aromatic rings. The molecule has 0 radical (unpaired) electrons. The summed E-state index contributed by atoms with van der Waals surface area (Å²) in [5, 5.41) is 7.92. The van der Waals surface area contributed by atoms with E-state index in [4.69, 9.17) is 4.74 Å². The van der Waals surface area contributed by atoms with Crippen molar-refractivity contribution in [2.24, 2.45) is 5.92 Å². The quantitative estimate of drug-likeness (QED) is 0.258. The number of amides is 3. The molecule has 216 valence electrons. The second kappa shape index (κ2) is 12.6. The zero-order valence-corrected chi connectivity index (χ0v) is 24.4. The topological polar surface area (TPSA) is 105 Å². The van der Waals surface area contributed by atoms with Gasteiger partial charge < -0.3 is 10.1 Å². The summed E-state index contributed by atoms with van der Waals surface area (Å²) in [7, 11) is 0. The number of esters is 1. The summed E-state index contributed by atoms with van der Waals surface area (Å²) in [4.78, 5) is 54.3. The van der Waals surface area contributed by atoms with Crippen LogP contribution < -0.4 is 10.6 Å². The van der Waals surface area contributed by atoms with Crippen LogP contribution >= 0.6 is 0 Å². The van der Waals surface area contributed by atoms with Gasteiger partial charge in [0.1, 0.15) is 11.6 Å². The van der Waals surface area contributed by atoms with Gasteiger partial charge in [-0.2, -0.15) is 0 Å². The van der Waals surface area contributed by atoms with Crippen molar-refractivity contribution in [3.8, 4) is 0 Å². The minimum atomic E-state index is -0.913. The van der Waals surface area contributed by atoms with Crippen molar-refractivity contribution in [2.75, 3.05) is 6.54 Å². The first kappa shape index (κ1) is 29.9. The van der Waals surface area contributed by atoms with Crippen LogP contribution in [0.3, 0.4) is 0 Å². The Morgan fingerprint density at radius 1 is 0.854 bits per heavy atom. The number of benzene rings is 3. The molecule has 3 amide bonds. The molecule has 1 heterocycles. The van der Waals surface area contributed by atoms with E-state index >= 15 is 0 Å². The van der Waals surface area contributed by atoms with E-state index < -0.39 is 35.5 Å². The molecule has 0 aliphatic carbocycles. The first-order valence-corrected chi connectivity index (χ1v) is 14.1. The van der Waals surface area contributed by atoms with Gasteiger partial charge in [-0.1, -0.05) is 68.4 Å². The first-order chi connectivity index (χ1) is 19.4. The van der Waals surface area contributed by atoms with Gasteiger partial charge in [0, 0.05) is 13.1 Å². The average molecular weight is 558 g/mol. The van der Waals surface area contributed by atoms with E-state index in [-0.39, 0.29) is 24.8 Å². The summed E-state index contributed by atoms with van der Waals surface area (Å²) in [6, 6.07) is 19.0. The highest BCUT2D eigenvalue weighted by Gasteiger charge is 2.37. The summed E-state index contributed by atoms with van der Waals surface area (Å²) in [6.45, 7) is 9.68. The van der Waals surface area contributed by atoms with Gasteiger partial charge in [0.15, 0.2) is 0 Å². The number of hydrogen-bond acceptors (Lipinski definition) is 6. The summed E-state index contributed by atoms with van der Waals surface area (Å²) in [5.74, 6) is -1.39. The zero-order chi connectivity index (χ0) is 29.7. The van der Waals surface area contributed by atoms with Crippen LogP contribution in [-0.4, -0.2) is 52.8 Å². The monoisotopic (exact) mass is 557 g/mol. The molecule has 0 saturated heterocycles. The Labute approximate surface area is 241 Å². The highest BCUT2D eigenvalue weighted by molar-refractivity contribution is 6.23. The molecule has 1 aliphatic heterocycles. The fraction of sp³-hybridized carbons (Fsp3) is 0.394. The van der Waals surface area contributed by atoms with Gasteiger partial charge in [0.25, 0.3) is 11.8 Å². The van der Waals surface area contributed by atoms with E-state index in [1.807, 2.05) is 68.4 Å². The maximum absolute atomic E-state index is 13.3. The predicted octanol–water partition coefficient (Wildman–Crippen LogP) is 4.86. The molecule has 8 heteroatoms. The van der Waals surface area contributed by atoms with E-state index in [2.05, 4.69) is 10.6 Å². The number of imide groups is 1. The largest absolute Gasteiger partial charge is 0.459 e. The van der Waals surface area contributed by atoms with Gasteiger partial charge >= 0.3 is 5.97 Å². The Morgan fingerprint density at radius 3 is 1.95 bits per heavy atom. The number of nitrogens with one attached hydrogen (secondary N) is 2. The number of fused-ring (bicyclic) bond motifs is 2. The molecule has 0 spiro atoms. The SMILES string of the molecule is CC(C)C[C@H](N[C@H](CCN1C(=O)c2cc3ccccc3cc2C1=O)C(=O)OC(C)(C)C)C(=O)NCc1ccccc1. The Balaban J connectivity index is 1.51. The smallest absolute Gasteiger partial charge is 0.323 e. The van der Waals surface area contributed by atoms with Gasteiger partial charge in [-0.3, -0.25) is 29.4 Å². The lowest BCUT2D eigenvalue weighted by Crippen LogP contribution is -2.53. The van der Waals surface area contributed by atoms with Crippen molar-refractivity contribution in [3.05, 3.63) is 83.4 Å². The average Bonchev–Trinajstić information content (AvgIpc) is 3.15. The number of ether oxygens (including phenoxy) is 1. The molecule has 1 aliphatic rings.